The van der Waals surface area contributed by atoms with Crippen molar-refractivity contribution >= 4 is 23.8 Å². The van der Waals surface area contributed by atoms with Crippen LogP contribution in [0.15, 0.2) is 24.3 Å². The Morgan fingerprint density at radius 1 is 1.00 bits per heavy atom. The lowest BCUT2D eigenvalue weighted by Gasteiger charge is -2.33. The van der Waals surface area contributed by atoms with Gasteiger partial charge < -0.3 is 15.1 Å². The Kier molecular flexibility index (Phi) is 5.16. The number of anilines is 2. The third-order valence-corrected chi connectivity index (χ3v) is 4.32. The maximum Gasteiger partial charge on any atom is 0.274 e. The van der Waals surface area contributed by atoms with Crippen molar-refractivity contribution in [2.45, 2.75) is 20.8 Å². The topological polar surface area (TPSA) is 78.4 Å². The smallest absolute Gasteiger partial charge is 0.274 e. The number of benzene rings is 1. The van der Waals surface area contributed by atoms with E-state index in [1.807, 2.05) is 26.0 Å². The second-order valence-electron chi connectivity index (χ2n) is 6.62. The van der Waals surface area contributed by atoms with Crippen LogP contribution in [0.1, 0.15) is 27.4 Å². The molecule has 1 N–H and O–H groups in total. The van der Waals surface area contributed by atoms with Crippen LogP contribution in [0.5, 0.6) is 0 Å². The van der Waals surface area contributed by atoms with E-state index in [0.717, 1.165) is 23.2 Å². The summed E-state index contributed by atoms with van der Waals surface area (Å²) in [6, 6.07) is 7.63. The normalized spacial score (nSPS) is 14.3. The van der Waals surface area contributed by atoms with Gasteiger partial charge in [0.05, 0.1) is 0 Å². The highest BCUT2D eigenvalue weighted by molar-refractivity contribution is 6.03. The summed E-state index contributed by atoms with van der Waals surface area (Å²) in [5.74, 6) is 1.01. The molecule has 1 aromatic carbocycles. The molecule has 1 aliphatic rings. The maximum atomic E-state index is 12.6. The van der Waals surface area contributed by atoms with Crippen LogP contribution in [0, 0.1) is 20.8 Å². The Bertz CT molecular complexity index is 808. The molecule has 0 saturated carbocycles. The van der Waals surface area contributed by atoms with E-state index in [9.17, 15) is 9.59 Å². The lowest BCUT2D eigenvalue weighted by molar-refractivity contribution is -0.118. The van der Waals surface area contributed by atoms with Crippen LogP contribution < -0.4 is 10.2 Å². The first-order chi connectivity index (χ1) is 12.4. The van der Waals surface area contributed by atoms with Gasteiger partial charge in [-0.1, -0.05) is 6.07 Å². The molecule has 0 radical (unpaired) electrons. The number of carbonyl (C=O) groups excluding carboxylic acids is 2. The molecule has 2 heterocycles. The molecule has 0 bridgehead atoms. The Morgan fingerprint density at radius 3 is 2.27 bits per heavy atom. The molecule has 0 atom stereocenters. The van der Waals surface area contributed by atoms with Crippen molar-refractivity contribution in [3.05, 3.63) is 46.9 Å². The summed E-state index contributed by atoms with van der Waals surface area (Å²) in [5, 5.41) is 2.91. The van der Waals surface area contributed by atoms with Gasteiger partial charge in [-0.15, -0.1) is 0 Å². The summed E-state index contributed by atoms with van der Waals surface area (Å²) < 4.78 is 0. The molecular formula is C19H23N5O2. The average molecular weight is 353 g/mol. The zero-order chi connectivity index (χ0) is 18.7. The highest BCUT2D eigenvalue weighted by atomic mass is 16.2. The van der Waals surface area contributed by atoms with Crippen LogP contribution in [0.4, 0.5) is 11.5 Å². The van der Waals surface area contributed by atoms with Crippen molar-refractivity contribution in [3.8, 4) is 0 Å². The molecule has 0 aliphatic carbocycles. The summed E-state index contributed by atoms with van der Waals surface area (Å²) in [6.07, 6.45) is 0.866. The minimum atomic E-state index is -0.256. The monoisotopic (exact) mass is 353 g/mol. The minimum absolute atomic E-state index is 0.256. The first-order valence-electron chi connectivity index (χ1n) is 8.64. The van der Waals surface area contributed by atoms with E-state index in [1.165, 1.54) is 0 Å². The summed E-state index contributed by atoms with van der Waals surface area (Å²) in [6.45, 7) is 8.44. The molecule has 2 amide bonds. The lowest BCUT2D eigenvalue weighted by atomic mass is 10.1. The predicted molar refractivity (Wildman–Crippen MR) is 100 cm³/mol. The SMILES string of the molecule is Cc1cc(C)cc(NC(=O)c2cc(N3CCN(C=O)CC3)nc(C)n2)c1. The Morgan fingerprint density at radius 2 is 1.65 bits per heavy atom. The minimum Gasteiger partial charge on any atom is -0.353 e. The first-order valence-corrected chi connectivity index (χ1v) is 8.64. The highest BCUT2D eigenvalue weighted by Gasteiger charge is 2.19. The van der Waals surface area contributed by atoms with Crippen molar-refractivity contribution in [1.82, 2.24) is 14.9 Å². The standard InChI is InChI=1S/C19H23N5O2/c1-13-8-14(2)10-16(9-13)22-19(26)17-11-18(21-15(3)20-17)24-6-4-23(12-25)5-7-24/h8-12H,4-7H2,1-3H3,(H,22,26). The van der Waals surface area contributed by atoms with E-state index in [-0.39, 0.29) is 5.91 Å². The molecule has 0 spiro atoms. The summed E-state index contributed by atoms with van der Waals surface area (Å²) >= 11 is 0. The largest absolute Gasteiger partial charge is 0.353 e. The van der Waals surface area contributed by atoms with Gasteiger partial charge in [-0.3, -0.25) is 9.59 Å². The molecule has 1 aliphatic heterocycles. The quantitative estimate of drug-likeness (QED) is 0.850. The van der Waals surface area contributed by atoms with Crippen molar-refractivity contribution in [1.29, 1.82) is 0 Å². The van der Waals surface area contributed by atoms with Gasteiger partial charge in [0.2, 0.25) is 6.41 Å². The van der Waals surface area contributed by atoms with Crippen molar-refractivity contribution in [2.24, 2.45) is 0 Å². The molecule has 136 valence electrons. The number of amides is 2. The van der Waals surface area contributed by atoms with E-state index < -0.39 is 0 Å². The molecule has 2 aromatic rings. The molecule has 7 nitrogen and oxygen atoms in total. The van der Waals surface area contributed by atoms with Crippen molar-refractivity contribution in [2.75, 3.05) is 36.4 Å². The number of aromatic nitrogens is 2. The number of aryl methyl sites for hydroxylation is 3. The molecule has 1 fully saturated rings. The van der Waals surface area contributed by atoms with Crippen molar-refractivity contribution in [3.63, 3.8) is 0 Å². The Balaban J connectivity index is 1.78. The Labute approximate surface area is 153 Å². The number of hydrogen-bond acceptors (Lipinski definition) is 5. The van der Waals surface area contributed by atoms with Gasteiger partial charge in [-0.2, -0.15) is 0 Å². The molecule has 26 heavy (non-hydrogen) atoms. The fourth-order valence-electron chi connectivity index (χ4n) is 3.13. The van der Waals surface area contributed by atoms with E-state index in [0.29, 0.717) is 43.5 Å². The lowest BCUT2D eigenvalue weighted by Crippen LogP contribution is -2.46. The number of piperazine rings is 1. The summed E-state index contributed by atoms with van der Waals surface area (Å²) in [7, 11) is 0. The molecule has 0 unspecified atom stereocenters. The number of hydrogen-bond donors (Lipinski definition) is 1. The fraction of sp³-hybridized carbons (Fsp3) is 0.368. The fourth-order valence-corrected chi connectivity index (χ4v) is 3.13. The Hall–Kier alpha value is -2.96. The van der Waals surface area contributed by atoms with Crippen molar-refractivity contribution < 1.29 is 9.59 Å². The molecule has 1 aromatic heterocycles. The molecule has 3 rings (SSSR count). The summed E-state index contributed by atoms with van der Waals surface area (Å²) in [5.41, 5.74) is 3.27. The maximum absolute atomic E-state index is 12.6. The van der Waals surface area contributed by atoms with Crippen LogP contribution in [0.3, 0.4) is 0 Å². The van der Waals surface area contributed by atoms with Gasteiger partial charge in [-0.25, -0.2) is 9.97 Å². The number of nitrogens with zero attached hydrogens (tertiary/aromatic N) is 4. The van der Waals surface area contributed by atoms with Gasteiger partial charge in [-0.05, 0) is 44.0 Å². The zero-order valence-electron chi connectivity index (χ0n) is 15.3. The van der Waals surface area contributed by atoms with Crippen LogP contribution in [-0.2, 0) is 4.79 Å². The van der Waals surface area contributed by atoms with Gasteiger partial charge in [0, 0.05) is 37.9 Å². The van der Waals surface area contributed by atoms with E-state index in [1.54, 1.807) is 17.9 Å². The third kappa shape index (κ3) is 4.17. The first kappa shape index (κ1) is 17.8. The average Bonchev–Trinajstić information content (AvgIpc) is 2.60. The van der Waals surface area contributed by atoms with Gasteiger partial charge >= 0.3 is 0 Å². The zero-order valence-corrected chi connectivity index (χ0v) is 15.3. The predicted octanol–water partition coefficient (Wildman–Crippen LogP) is 1.93. The number of rotatable bonds is 4. The van der Waals surface area contributed by atoms with E-state index in [4.69, 9.17) is 0 Å². The third-order valence-electron chi connectivity index (χ3n) is 4.32. The second kappa shape index (κ2) is 7.51. The second-order valence-corrected chi connectivity index (χ2v) is 6.62. The molecular weight excluding hydrogens is 330 g/mol. The van der Waals surface area contributed by atoms with Gasteiger partial charge in [0.25, 0.3) is 5.91 Å². The molecule has 7 heteroatoms. The van der Waals surface area contributed by atoms with Crippen LogP contribution in [0.2, 0.25) is 0 Å². The summed E-state index contributed by atoms with van der Waals surface area (Å²) in [4.78, 5) is 36.0. The number of nitrogens with one attached hydrogen (secondary N) is 1. The van der Waals surface area contributed by atoms with E-state index in [2.05, 4.69) is 26.3 Å². The van der Waals surface area contributed by atoms with Gasteiger partial charge in [0.15, 0.2) is 0 Å². The van der Waals surface area contributed by atoms with Crippen LogP contribution in [0.25, 0.3) is 0 Å². The van der Waals surface area contributed by atoms with Crippen LogP contribution >= 0.6 is 0 Å². The van der Waals surface area contributed by atoms with Crippen LogP contribution in [-0.4, -0.2) is 53.4 Å². The molecule has 1 saturated heterocycles. The number of carbonyl (C=O) groups is 2. The van der Waals surface area contributed by atoms with Gasteiger partial charge in [0.1, 0.15) is 17.3 Å². The highest BCUT2D eigenvalue weighted by Crippen LogP contribution is 2.18. The van der Waals surface area contributed by atoms with E-state index >= 15 is 0 Å².